The molecule has 20 heavy (non-hydrogen) atoms. The van der Waals surface area contributed by atoms with Crippen molar-refractivity contribution in [2.24, 2.45) is 0 Å². The molecule has 1 saturated heterocycles. The Hall–Kier alpha value is -0.960. The summed E-state index contributed by atoms with van der Waals surface area (Å²) in [5.41, 5.74) is -0.106. The number of methoxy groups -OCH3 is 1. The van der Waals surface area contributed by atoms with Crippen LogP contribution in [0.1, 0.15) is 28.6 Å². The summed E-state index contributed by atoms with van der Waals surface area (Å²) < 4.78 is 37.6. The van der Waals surface area contributed by atoms with Crippen molar-refractivity contribution in [1.82, 2.24) is 4.72 Å². The van der Waals surface area contributed by atoms with Crippen molar-refractivity contribution in [1.29, 1.82) is 0 Å². The molecule has 0 aromatic carbocycles. The second-order valence-electron chi connectivity index (χ2n) is 5.04. The summed E-state index contributed by atoms with van der Waals surface area (Å²) in [7, 11) is -2.57. The number of rotatable bonds is 4. The van der Waals surface area contributed by atoms with Crippen LogP contribution in [0.25, 0.3) is 0 Å². The van der Waals surface area contributed by atoms with Gasteiger partial charge in [-0.1, -0.05) is 0 Å². The zero-order valence-corrected chi connectivity index (χ0v) is 13.2. The minimum Gasteiger partial charge on any atom is -0.465 e. The van der Waals surface area contributed by atoms with Crippen LogP contribution >= 0.6 is 11.3 Å². The van der Waals surface area contributed by atoms with E-state index >= 15 is 0 Å². The van der Waals surface area contributed by atoms with Crippen LogP contribution in [0.5, 0.6) is 0 Å². The summed E-state index contributed by atoms with van der Waals surface area (Å²) in [6.45, 7) is 4.29. The molecule has 0 amide bonds. The average molecular weight is 319 g/mol. The lowest BCUT2D eigenvalue weighted by Gasteiger charge is -2.23. The van der Waals surface area contributed by atoms with Crippen molar-refractivity contribution in [2.45, 2.75) is 30.7 Å². The molecule has 1 aromatic rings. The molecule has 1 atom stereocenters. The third-order valence-corrected chi connectivity index (χ3v) is 6.19. The molecular formula is C12H17NO5S2. The fourth-order valence-corrected chi connectivity index (χ4v) is 5.25. The van der Waals surface area contributed by atoms with E-state index in [2.05, 4.69) is 9.46 Å². The summed E-state index contributed by atoms with van der Waals surface area (Å²) >= 11 is 1.07. The Morgan fingerprint density at radius 2 is 2.25 bits per heavy atom. The molecule has 0 radical (unpaired) electrons. The first-order valence-corrected chi connectivity index (χ1v) is 8.43. The van der Waals surface area contributed by atoms with E-state index in [0.717, 1.165) is 11.3 Å². The second kappa shape index (κ2) is 5.44. The summed E-state index contributed by atoms with van der Waals surface area (Å²) in [5, 5.41) is 1.63. The summed E-state index contributed by atoms with van der Waals surface area (Å²) in [6, 6.07) is 0. The van der Waals surface area contributed by atoms with Crippen LogP contribution in [-0.2, 0) is 19.5 Å². The van der Waals surface area contributed by atoms with Crippen LogP contribution in [0.3, 0.4) is 0 Å². The van der Waals surface area contributed by atoms with Crippen LogP contribution in [0.2, 0.25) is 0 Å². The Labute approximate surface area is 122 Å². The number of ether oxygens (including phenoxy) is 2. The van der Waals surface area contributed by atoms with Gasteiger partial charge in [0, 0.05) is 6.61 Å². The molecule has 0 aliphatic carbocycles. The molecule has 1 aliphatic rings. The van der Waals surface area contributed by atoms with E-state index in [9.17, 15) is 13.2 Å². The highest BCUT2D eigenvalue weighted by molar-refractivity contribution is 7.89. The Morgan fingerprint density at radius 3 is 2.80 bits per heavy atom. The normalized spacial score (nSPS) is 22.9. The third kappa shape index (κ3) is 2.88. The molecule has 0 bridgehead atoms. The summed E-state index contributed by atoms with van der Waals surface area (Å²) in [6.07, 6.45) is 0.600. The van der Waals surface area contributed by atoms with Gasteiger partial charge in [-0.05, 0) is 31.2 Å². The van der Waals surface area contributed by atoms with Crippen LogP contribution in [0.4, 0.5) is 0 Å². The molecule has 1 aromatic heterocycles. The fourth-order valence-electron chi connectivity index (χ4n) is 2.12. The number of hydrogen-bond donors (Lipinski definition) is 1. The molecule has 1 N–H and O–H groups in total. The van der Waals surface area contributed by atoms with E-state index in [4.69, 9.17) is 4.74 Å². The predicted octanol–water partition coefficient (Wildman–Crippen LogP) is 1.30. The Bertz CT molecular complexity index is 614. The number of aryl methyl sites for hydroxylation is 1. The van der Waals surface area contributed by atoms with Gasteiger partial charge >= 0.3 is 5.97 Å². The molecular weight excluding hydrogens is 302 g/mol. The van der Waals surface area contributed by atoms with E-state index in [0.29, 0.717) is 25.2 Å². The monoisotopic (exact) mass is 319 g/mol. The van der Waals surface area contributed by atoms with Gasteiger partial charge in [-0.2, -0.15) is 0 Å². The van der Waals surface area contributed by atoms with Gasteiger partial charge in [0.25, 0.3) is 0 Å². The van der Waals surface area contributed by atoms with E-state index in [-0.39, 0.29) is 9.77 Å². The highest BCUT2D eigenvalue weighted by atomic mass is 32.2. The van der Waals surface area contributed by atoms with E-state index < -0.39 is 21.5 Å². The minimum atomic E-state index is -3.80. The zero-order valence-electron chi connectivity index (χ0n) is 11.6. The number of carbonyl (C=O) groups is 1. The van der Waals surface area contributed by atoms with Crippen LogP contribution in [-0.4, -0.2) is 40.2 Å². The van der Waals surface area contributed by atoms with E-state index in [1.165, 1.54) is 7.11 Å². The van der Waals surface area contributed by atoms with Crippen molar-refractivity contribution in [3.05, 3.63) is 15.8 Å². The van der Waals surface area contributed by atoms with Gasteiger partial charge in [-0.25, -0.2) is 17.9 Å². The van der Waals surface area contributed by atoms with Crippen molar-refractivity contribution in [3.8, 4) is 0 Å². The third-order valence-electron chi connectivity index (χ3n) is 3.16. The van der Waals surface area contributed by atoms with Crippen LogP contribution in [0, 0.1) is 6.92 Å². The Balaban J connectivity index is 2.39. The quantitative estimate of drug-likeness (QED) is 0.846. The summed E-state index contributed by atoms with van der Waals surface area (Å²) in [5.74, 6) is -0.642. The molecule has 0 saturated carbocycles. The minimum absolute atomic E-state index is 0.00229. The largest absolute Gasteiger partial charge is 0.465 e. The highest BCUT2D eigenvalue weighted by Crippen LogP contribution is 2.29. The first kappa shape index (κ1) is 15.4. The molecule has 1 unspecified atom stereocenters. The average Bonchev–Trinajstić information content (AvgIpc) is 2.94. The molecule has 6 nitrogen and oxygen atoms in total. The standard InChI is InChI=1S/C12H17NO5S2/c1-8-6-19-9(11(14)17-3)10(8)20(15,16)13-12(2)4-5-18-7-12/h6,13H,4-5,7H2,1-3H3. The van der Waals surface area contributed by atoms with Crippen molar-refractivity contribution >= 4 is 27.3 Å². The number of carbonyl (C=O) groups excluding carboxylic acids is 1. The molecule has 2 rings (SSSR count). The first-order chi connectivity index (χ1) is 9.29. The van der Waals surface area contributed by atoms with Gasteiger partial charge in [-0.3, -0.25) is 0 Å². The summed E-state index contributed by atoms with van der Waals surface area (Å²) in [4.78, 5) is 11.8. The molecule has 2 heterocycles. The van der Waals surface area contributed by atoms with Gasteiger partial charge in [0.15, 0.2) is 0 Å². The van der Waals surface area contributed by atoms with Gasteiger partial charge < -0.3 is 9.47 Å². The lowest BCUT2D eigenvalue weighted by Crippen LogP contribution is -2.46. The smallest absolute Gasteiger partial charge is 0.349 e. The van der Waals surface area contributed by atoms with E-state index in [1.807, 2.05) is 0 Å². The maximum atomic E-state index is 12.5. The maximum Gasteiger partial charge on any atom is 0.349 e. The lowest BCUT2D eigenvalue weighted by molar-refractivity contribution is 0.0602. The number of sulfonamides is 1. The van der Waals surface area contributed by atoms with Crippen molar-refractivity contribution < 1.29 is 22.7 Å². The Kier molecular flexibility index (Phi) is 4.19. The molecule has 8 heteroatoms. The fraction of sp³-hybridized carbons (Fsp3) is 0.583. The molecule has 0 spiro atoms. The number of thiophene rings is 1. The van der Waals surface area contributed by atoms with Gasteiger partial charge in [0.2, 0.25) is 10.0 Å². The van der Waals surface area contributed by atoms with Crippen LogP contribution in [0.15, 0.2) is 10.3 Å². The molecule has 1 aliphatic heterocycles. The van der Waals surface area contributed by atoms with E-state index in [1.54, 1.807) is 19.2 Å². The van der Waals surface area contributed by atoms with Crippen LogP contribution < -0.4 is 4.72 Å². The SMILES string of the molecule is COC(=O)c1scc(C)c1S(=O)(=O)NC1(C)CCOC1. The van der Waals surface area contributed by atoms with Gasteiger partial charge in [-0.15, -0.1) is 11.3 Å². The maximum absolute atomic E-state index is 12.5. The van der Waals surface area contributed by atoms with Crippen molar-refractivity contribution in [2.75, 3.05) is 20.3 Å². The van der Waals surface area contributed by atoms with Gasteiger partial charge in [0.1, 0.15) is 9.77 Å². The molecule has 1 fully saturated rings. The topological polar surface area (TPSA) is 81.7 Å². The Morgan fingerprint density at radius 1 is 1.55 bits per heavy atom. The first-order valence-electron chi connectivity index (χ1n) is 6.07. The predicted molar refractivity (Wildman–Crippen MR) is 74.6 cm³/mol. The molecule has 112 valence electrons. The van der Waals surface area contributed by atoms with Crippen molar-refractivity contribution in [3.63, 3.8) is 0 Å². The van der Waals surface area contributed by atoms with Gasteiger partial charge in [0.05, 0.1) is 19.3 Å². The zero-order chi connectivity index (χ0) is 15.0. The highest BCUT2D eigenvalue weighted by Gasteiger charge is 2.37. The number of hydrogen-bond acceptors (Lipinski definition) is 6. The lowest BCUT2D eigenvalue weighted by atomic mass is 10.0. The number of nitrogens with one attached hydrogen (secondary N) is 1. The second-order valence-corrected chi connectivity index (χ2v) is 7.54. The number of esters is 1.